The first-order valence-electron chi connectivity index (χ1n) is 5.85. The fraction of sp³-hybridized carbons (Fsp3) is 0. The van der Waals surface area contributed by atoms with Gasteiger partial charge in [-0.25, -0.2) is 14.1 Å². The molecule has 0 bridgehead atoms. The monoisotopic (exact) mass is 366 g/mol. The molecule has 1 aromatic carbocycles. The number of thiophene rings is 1. The van der Waals surface area contributed by atoms with Crippen molar-refractivity contribution in [1.82, 2.24) is 14.8 Å². The van der Waals surface area contributed by atoms with Gasteiger partial charge in [-0.1, -0.05) is 0 Å². The van der Waals surface area contributed by atoms with Crippen LogP contribution in [0.25, 0.3) is 5.69 Å². The van der Waals surface area contributed by atoms with Crippen molar-refractivity contribution < 1.29 is 9.18 Å². The molecule has 0 unspecified atom stereocenters. The number of nitrogens with one attached hydrogen (secondary N) is 1. The van der Waals surface area contributed by atoms with Crippen LogP contribution in [0.1, 0.15) is 9.67 Å². The van der Waals surface area contributed by atoms with E-state index in [0.29, 0.717) is 10.6 Å². The molecule has 3 rings (SSSR count). The Morgan fingerprint density at radius 1 is 1.33 bits per heavy atom. The van der Waals surface area contributed by atoms with Crippen molar-refractivity contribution in [1.29, 1.82) is 0 Å². The number of nitrogens with zero attached hydrogens (tertiary/aromatic N) is 3. The van der Waals surface area contributed by atoms with Crippen molar-refractivity contribution >= 4 is 38.9 Å². The zero-order valence-electron chi connectivity index (χ0n) is 10.5. The quantitative estimate of drug-likeness (QED) is 0.771. The van der Waals surface area contributed by atoms with Gasteiger partial charge in [0, 0.05) is 5.69 Å². The Morgan fingerprint density at radius 2 is 2.19 bits per heavy atom. The van der Waals surface area contributed by atoms with E-state index in [2.05, 4.69) is 31.3 Å². The van der Waals surface area contributed by atoms with Gasteiger partial charge in [0.2, 0.25) is 0 Å². The second kappa shape index (κ2) is 5.74. The number of carbonyl (C=O) groups excluding carboxylic acids is 1. The van der Waals surface area contributed by atoms with Crippen molar-refractivity contribution in [2.24, 2.45) is 0 Å². The van der Waals surface area contributed by atoms with E-state index < -0.39 is 5.82 Å². The average molecular weight is 367 g/mol. The number of carbonyl (C=O) groups is 1. The van der Waals surface area contributed by atoms with Crippen LogP contribution in [0.2, 0.25) is 0 Å². The van der Waals surface area contributed by atoms with Gasteiger partial charge in [-0.2, -0.15) is 5.10 Å². The smallest absolute Gasteiger partial charge is 0.265 e. The zero-order valence-corrected chi connectivity index (χ0v) is 12.9. The van der Waals surface area contributed by atoms with E-state index >= 15 is 0 Å². The lowest BCUT2D eigenvalue weighted by Gasteiger charge is -2.07. The van der Waals surface area contributed by atoms with E-state index in [1.807, 2.05) is 0 Å². The minimum Gasteiger partial charge on any atom is -0.321 e. The Kier molecular flexibility index (Phi) is 3.80. The predicted molar refractivity (Wildman–Crippen MR) is 81.3 cm³/mol. The third-order valence-corrected chi connectivity index (χ3v) is 4.29. The van der Waals surface area contributed by atoms with Crippen LogP contribution >= 0.6 is 27.3 Å². The Hall–Kier alpha value is -2.06. The van der Waals surface area contributed by atoms with E-state index in [4.69, 9.17) is 0 Å². The fourth-order valence-corrected chi connectivity index (χ4v) is 3.01. The first-order valence-corrected chi connectivity index (χ1v) is 7.45. The van der Waals surface area contributed by atoms with Crippen LogP contribution < -0.4 is 5.32 Å². The Morgan fingerprint density at radius 3 is 2.81 bits per heavy atom. The van der Waals surface area contributed by atoms with E-state index in [-0.39, 0.29) is 11.6 Å². The molecule has 0 aliphatic heterocycles. The highest BCUT2D eigenvalue weighted by Gasteiger charge is 2.11. The highest BCUT2D eigenvalue weighted by atomic mass is 79.9. The minimum atomic E-state index is -0.495. The summed E-state index contributed by atoms with van der Waals surface area (Å²) in [5.41, 5.74) is 0.648. The molecule has 0 aliphatic rings. The van der Waals surface area contributed by atoms with Crippen LogP contribution in [0.15, 0.2) is 46.8 Å². The molecule has 0 aliphatic carbocycles. The first kappa shape index (κ1) is 13.9. The molecule has 0 radical (unpaired) electrons. The molecule has 0 spiro atoms. The van der Waals surface area contributed by atoms with Gasteiger partial charge in [-0.15, -0.1) is 11.3 Å². The van der Waals surface area contributed by atoms with Gasteiger partial charge in [0.15, 0.2) is 5.82 Å². The highest BCUT2D eigenvalue weighted by molar-refractivity contribution is 9.11. The Labute approximate surface area is 131 Å². The molecule has 2 heterocycles. The van der Waals surface area contributed by atoms with Crippen LogP contribution in [-0.2, 0) is 0 Å². The van der Waals surface area contributed by atoms with Crippen molar-refractivity contribution in [3.05, 3.63) is 57.5 Å². The van der Waals surface area contributed by atoms with Gasteiger partial charge < -0.3 is 5.32 Å². The summed E-state index contributed by atoms with van der Waals surface area (Å²) < 4.78 is 16.2. The third kappa shape index (κ3) is 3.01. The fourth-order valence-electron chi connectivity index (χ4n) is 1.73. The lowest BCUT2D eigenvalue weighted by Crippen LogP contribution is -2.10. The number of benzene rings is 1. The van der Waals surface area contributed by atoms with Crippen molar-refractivity contribution in [3.8, 4) is 5.69 Å². The number of hydrogen-bond acceptors (Lipinski definition) is 4. The van der Waals surface area contributed by atoms with Crippen molar-refractivity contribution in [2.75, 3.05) is 5.32 Å². The molecule has 8 heteroatoms. The normalized spacial score (nSPS) is 10.6. The Balaban J connectivity index is 1.81. The molecule has 21 heavy (non-hydrogen) atoms. The number of anilines is 1. The van der Waals surface area contributed by atoms with Crippen LogP contribution in [0.3, 0.4) is 0 Å². The summed E-state index contributed by atoms with van der Waals surface area (Å²) in [5, 5.41) is 6.51. The topological polar surface area (TPSA) is 59.8 Å². The second-order valence-corrected chi connectivity index (χ2v) is 6.53. The van der Waals surface area contributed by atoms with Gasteiger partial charge in [0.05, 0.1) is 8.66 Å². The zero-order chi connectivity index (χ0) is 14.8. The SMILES string of the molecule is O=C(Nc1ccc(-n2cncn2)c(F)c1)c1ccc(Br)s1. The maximum Gasteiger partial charge on any atom is 0.265 e. The molecule has 0 saturated heterocycles. The first-order chi connectivity index (χ1) is 10.1. The van der Waals surface area contributed by atoms with E-state index in [1.54, 1.807) is 18.2 Å². The molecule has 0 atom stereocenters. The summed E-state index contributed by atoms with van der Waals surface area (Å²) >= 11 is 4.60. The number of halogens is 2. The summed E-state index contributed by atoms with van der Waals surface area (Å²) in [6.45, 7) is 0. The lowest BCUT2D eigenvalue weighted by molar-refractivity contribution is 0.103. The standard InChI is InChI=1S/C13H8BrFN4OS/c14-12-4-3-11(21-12)13(20)18-8-1-2-10(9(15)5-8)19-7-16-6-17-19/h1-7H,(H,18,20). The molecule has 1 N–H and O–H groups in total. The lowest BCUT2D eigenvalue weighted by atomic mass is 10.2. The molecule has 5 nitrogen and oxygen atoms in total. The van der Waals surface area contributed by atoms with Gasteiger partial charge in [-0.3, -0.25) is 4.79 Å². The molecule has 2 aromatic heterocycles. The molecular formula is C13H8BrFN4OS. The van der Waals surface area contributed by atoms with E-state index in [1.165, 1.54) is 40.8 Å². The van der Waals surface area contributed by atoms with Crippen LogP contribution in [0, 0.1) is 5.82 Å². The number of aromatic nitrogens is 3. The molecule has 106 valence electrons. The average Bonchev–Trinajstić information content (AvgIpc) is 3.10. The van der Waals surface area contributed by atoms with Gasteiger partial charge >= 0.3 is 0 Å². The predicted octanol–water partition coefficient (Wildman–Crippen LogP) is 3.48. The largest absolute Gasteiger partial charge is 0.321 e. The van der Waals surface area contributed by atoms with E-state index in [0.717, 1.165) is 3.79 Å². The number of rotatable bonds is 3. The maximum atomic E-state index is 14.0. The summed E-state index contributed by atoms with van der Waals surface area (Å²) in [6.07, 6.45) is 2.73. The van der Waals surface area contributed by atoms with Crippen LogP contribution in [0.4, 0.5) is 10.1 Å². The van der Waals surface area contributed by atoms with Crippen molar-refractivity contribution in [2.45, 2.75) is 0 Å². The summed E-state index contributed by atoms with van der Waals surface area (Å²) in [7, 11) is 0. The van der Waals surface area contributed by atoms with Crippen LogP contribution in [0.5, 0.6) is 0 Å². The van der Waals surface area contributed by atoms with Gasteiger partial charge in [-0.05, 0) is 46.3 Å². The molecule has 3 aromatic rings. The maximum absolute atomic E-state index is 14.0. The van der Waals surface area contributed by atoms with Gasteiger partial charge in [0.25, 0.3) is 5.91 Å². The summed E-state index contributed by atoms with van der Waals surface area (Å²) in [4.78, 5) is 16.3. The second-order valence-electron chi connectivity index (χ2n) is 4.06. The number of hydrogen-bond donors (Lipinski definition) is 1. The summed E-state index contributed by atoms with van der Waals surface area (Å²) in [5.74, 6) is -0.774. The third-order valence-electron chi connectivity index (χ3n) is 2.67. The van der Waals surface area contributed by atoms with Crippen LogP contribution in [-0.4, -0.2) is 20.7 Å². The molecule has 0 saturated carbocycles. The van der Waals surface area contributed by atoms with Crippen molar-refractivity contribution in [3.63, 3.8) is 0 Å². The number of amides is 1. The van der Waals surface area contributed by atoms with E-state index in [9.17, 15) is 9.18 Å². The Bertz CT molecular complexity index is 787. The molecular weight excluding hydrogens is 359 g/mol. The highest BCUT2D eigenvalue weighted by Crippen LogP contribution is 2.23. The van der Waals surface area contributed by atoms with Gasteiger partial charge in [0.1, 0.15) is 18.3 Å². The molecule has 1 amide bonds. The summed E-state index contributed by atoms with van der Waals surface area (Å²) in [6, 6.07) is 7.88. The minimum absolute atomic E-state index is 0.268. The molecule has 0 fully saturated rings.